The molecule has 17 heavy (non-hydrogen) atoms. The van der Waals surface area contributed by atoms with Gasteiger partial charge in [-0.05, 0) is 13.8 Å². The lowest BCUT2D eigenvalue weighted by Crippen LogP contribution is -2.47. The zero-order valence-electron chi connectivity index (χ0n) is 10.7. The van der Waals surface area contributed by atoms with Crippen LogP contribution in [0.15, 0.2) is 12.5 Å². The van der Waals surface area contributed by atoms with Crippen molar-refractivity contribution in [3.63, 3.8) is 0 Å². The Morgan fingerprint density at radius 1 is 1.59 bits per heavy atom. The Kier molecular flexibility index (Phi) is 4.15. The van der Waals surface area contributed by atoms with Crippen molar-refractivity contribution in [3.05, 3.63) is 18.2 Å². The molecular weight excluding hydrogens is 216 g/mol. The monoisotopic (exact) mass is 238 g/mol. The summed E-state index contributed by atoms with van der Waals surface area (Å²) >= 11 is 0. The number of hydrogen-bond donors (Lipinski definition) is 1. The summed E-state index contributed by atoms with van der Waals surface area (Å²) in [4.78, 5) is 6.68. The Bertz CT molecular complexity index is 350. The molecule has 1 aliphatic heterocycles. The number of rotatable bonds is 4. The van der Waals surface area contributed by atoms with Crippen molar-refractivity contribution in [3.8, 4) is 0 Å². The first kappa shape index (κ1) is 12.5. The van der Waals surface area contributed by atoms with Crippen LogP contribution in [0.1, 0.15) is 19.5 Å². The van der Waals surface area contributed by atoms with Gasteiger partial charge in [0.25, 0.3) is 0 Å². The van der Waals surface area contributed by atoms with Crippen molar-refractivity contribution >= 4 is 0 Å². The first-order valence-corrected chi connectivity index (χ1v) is 6.25. The van der Waals surface area contributed by atoms with E-state index in [0.29, 0.717) is 12.6 Å². The third-order valence-electron chi connectivity index (χ3n) is 3.21. The van der Waals surface area contributed by atoms with Crippen LogP contribution in [0.5, 0.6) is 0 Å². The standard InChI is InChI=1S/C12H22N4O/c1-10(2)16-3-4-17-12(8-16)7-15-6-11(5-13)14-9-15/h6,9-10,12H,3-5,7-8,13H2,1-2H3. The second-order valence-corrected chi connectivity index (χ2v) is 4.85. The molecule has 0 aliphatic carbocycles. The molecule has 1 aromatic heterocycles. The van der Waals surface area contributed by atoms with E-state index in [9.17, 15) is 0 Å². The summed E-state index contributed by atoms with van der Waals surface area (Å²) in [7, 11) is 0. The van der Waals surface area contributed by atoms with Crippen LogP contribution in [-0.4, -0.2) is 46.3 Å². The Morgan fingerprint density at radius 2 is 2.41 bits per heavy atom. The smallest absolute Gasteiger partial charge is 0.0950 e. The normalized spacial score (nSPS) is 22.2. The minimum absolute atomic E-state index is 0.256. The molecular formula is C12H22N4O. The van der Waals surface area contributed by atoms with Crippen LogP contribution >= 0.6 is 0 Å². The van der Waals surface area contributed by atoms with Gasteiger partial charge in [-0.3, -0.25) is 4.90 Å². The van der Waals surface area contributed by atoms with Crippen LogP contribution in [0.4, 0.5) is 0 Å². The van der Waals surface area contributed by atoms with Crippen molar-refractivity contribution < 1.29 is 4.74 Å². The molecule has 0 spiro atoms. The molecule has 0 saturated carbocycles. The Labute approximate surface area is 103 Å². The molecule has 1 unspecified atom stereocenters. The number of aromatic nitrogens is 2. The Balaban J connectivity index is 1.90. The van der Waals surface area contributed by atoms with Gasteiger partial charge >= 0.3 is 0 Å². The summed E-state index contributed by atoms with van der Waals surface area (Å²) in [6, 6.07) is 0.587. The van der Waals surface area contributed by atoms with Crippen LogP contribution in [0.25, 0.3) is 0 Å². The van der Waals surface area contributed by atoms with Crippen LogP contribution in [0.3, 0.4) is 0 Å². The molecule has 5 nitrogen and oxygen atoms in total. The second kappa shape index (κ2) is 5.62. The summed E-state index contributed by atoms with van der Waals surface area (Å²) < 4.78 is 7.85. The zero-order valence-corrected chi connectivity index (χ0v) is 10.7. The van der Waals surface area contributed by atoms with Gasteiger partial charge in [0.2, 0.25) is 0 Å². The van der Waals surface area contributed by atoms with Crippen molar-refractivity contribution in [2.45, 2.75) is 39.1 Å². The average Bonchev–Trinajstić information content (AvgIpc) is 2.77. The summed E-state index contributed by atoms with van der Waals surface area (Å²) in [6.07, 6.45) is 4.09. The average molecular weight is 238 g/mol. The second-order valence-electron chi connectivity index (χ2n) is 4.85. The maximum absolute atomic E-state index is 5.78. The minimum atomic E-state index is 0.256. The van der Waals surface area contributed by atoms with Crippen molar-refractivity contribution in [1.29, 1.82) is 0 Å². The number of ether oxygens (including phenoxy) is 1. The van der Waals surface area contributed by atoms with Gasteiger partial charge in [0.05, 0.1) is 31.3 Å². The van der Waals surface area contributed by atoms with E-state index in [1.54, 1.807) is 0 Å². The number of hydrogen-bond acceptors (Lipinski definition) is 4. The SMILES string of the molecule is CC(C)N1CCOC(Cn2cnc(CN)c2)C1. The lowest BCUT2D eigenvalue weighted by molar-refractivity contribution is -0.0456. The predicted molar refractivity (Wildman–Crippen MR) is 66.6 cm³/mol. The van der Waals surface area contributed by atoms with E-state index in [-0.39, 0.29) is 6.10 Å². The summed E-state index contributed by atoms with van der Waals surface area (Å²) in [5.74, 6) is 0. The van der Waals surface area contributed by atoms with E-state index in [4.69, 9.17) is 10.5 Å². The van der Waals surface area contributed by atoms with Crippen molar-refractivity contribution in [2.24, 2.45) is 5.73 Å². The van der Waals surface area contributed by atoms with E-state index in [2.05, 4.69) is 28.3 Å². The highest BCUT2D eigenvalue weighted by atomic mass is 16.5. The molecule has 1 aliphatic rings. The van der Waals surface area contributed by atoms with Gasteiger partial charge < -0.3 is 15.0 Å². The van der Waals surface area contributed by atoms with Gasteiger partial charge in [-0.2, -0.15) is 0 Å². The topological polar surface area (TPSA) is 56.3 Å². The molecule has 0 aromatic carbocycles. The highest BCUT2D eigenvalue weighted by Gasteiger charge is 2.22. The zero-order chi connectivity index (χ0) is 12.3. The lowest BCUT2D eigenvalue weighted by atomic mass is 10.2. The lowest BCUT2D eigenvalue weighted by Gasteiger charge is -2.35. The van der Waals surface area contributed by atoms with Gasteiger partial charge in [-0.15, -0.1) is 0 Å². The van der Waals surface area contributed by atoms with E-state index >= 15 is 0 Å². The molecule has 1 saturated heterocycles. The summed E-state index contributed by atoms with van der Waals surface area (Å²) in [5, 5.41) is 0. The fourth-order valence-electron chi connectivity index (χ4n) is 2.17. The first-order valence-electron chi connectivity index (χ1n) is 6.25. The Hall–Kier alpha value is -0.910. The van der Waals surface area contributed by atoms with Crippen LogP contribution in [-0.2, 0) is 17.8 Å². The molecule has 96 valence electrons. The van der Waals surface area contributed by atoms with Crippen molar-refractivity contribution in [2.75, 3.05) is 19.7 Å². The van der Waals surface area contributed by atoms with Crippen LogP contribution in [0, 0.1) is 0 Å². The van der Waals surface area contributed by atoms with Gasteiger partial charge in [0.1, 0.15) is 0 Å². The molecule has 5 heteroatoms. The first-order chi connectivity index (χ1) is 8.19. The third kappa shape index (κ3) is 3.28. The van der Waals surface area contributed by atoms with Crippen LogP contribution in [0.2, 0.25) is 0 Å². The predicted octanol–water partition coefficient (Wildman–Crippen LogP) is 0.451. The van der Waals surface area contributed by atoms with Gasteiger partial charge in [0, 0.05) is 31.9 Å². The number of imidazole rings is 1. The van der Waals surface area contributed by atoms with E-state index < -0.39 is 0 Å². The maximum atomic E-state index is 5.78. The summed E-state index contributed by atoms with van der Waals surface area (Å²) in [5.41, 5.74) is 6.47. The summed E-state index contributed by atoms with van der Waals surface area (Å²) in [6.45, 7) is 8.66. The molecule has 1 fully saturated rings. The van der Waals surface area contributed by atoms with Gasteiger partial charge in [0.15, 0.2) is 0 Å². The fraction of sp³-hybridized carbons (Fsp3) is 0.750. The highest BCUT2D eigenvalue weighted by molar-refractivity contribution is 4.95. The third-order valence-corrected chi connectivity index (χ3v) is 3.21. The highest BCUT2D eigenvalue weighted by Crippen LogP contribution is 2.10. The van der Waals surface area contributed by atoms with Crippen molar-refractivity contribution in [1.82, 2.24) is 14.5 Å². The maximum Gasteiger partial charge on any atom is 0.0950 e. The molecule has 2 heterocycles. The van der Waals surface area contributed by atoms with E-state index in [1.807, 2.05) is 12.5 Å². The fourth-order valence-corrected chi connectivity index (χ4v) is 2.17. The minimum Gasteiger partial charge on any atom is -0.374 e. The number of nitrogens with two attached hydrogens (primary N) is 1. The Morgan fingerprint density at radius 3 is 3.06 bits per heavy atom. The van der Waals surface area contributed by atoms with Gasteiger partial charge in [-0.25, -0.2) is 4.98 Å². The number of morpholine rings is 1. The van der Waals surface area contributed by atoms with E-state index in [0.717, 1.165) is 31.9 Å². The number of nitrogens with zero attached hydrogens (tertiary/aromatic N) is 3. The molecule has 0 radical (unpaired) electrons. The molecule has 0 bridgehead atoms. The molecule has 1 aromatic rings. The van der Waals surface area contributed by atoms with Gasteiger partial charge in [-0.1, -0.05) is 0 Å². The van der Waals surface area contributed by atoms with Crippen LogP contribution < -0.4 is 5.73 Å². The largest absolute Gasteiger partial charge is 0.374 e. The van der Waals surface area contributed by atoms with E-state index in [1.165, 1.54) is 0 Å². The molecule has 2 N–H and O–H groups in total. The molecule has 1 atom stereocenters. The molecule has 0 amide bonds. The quantitative estimate of drug-likeness (QED) is 0.827. The molecule has 2 rings (SSSR count).